The number of hydrogen-bond acceptors (Lipinski definition) is 7. The molecule has 0 radical (unpaired) electrons. The van der Waals surface area contributed by atoms with Gasteiger partial charge in [-0.3, -0.25) is 4.90 Å². The van der Waals surface area contributed by atoms with Crippen molar-refractivity contribution in [1.29, 1.82) is 0 Å². The number of nitrogens with zero attached hydrogens (tertiary/aromatic N) is 4. The van der Waals surface area contributed by atoms with Gasteiger partial charge in [-0.2, -0.15) is 4.31 Å². The largest absolute Gasteiger partial charge is 0.466 e. The molecule has 148 valence electrons. The topological polar surface area (TPSA) is 67.7 Å². The van der Waals surface area contributed by atoms with Crippen molar-refractivity contribution < 1.29 is 13.2 Å². The molecule has 0 N–H and O–H groups in total. The van der Waals surface area contributed by atoms with Crippen LogP contribution in [0.2, 0.25) is 5.02 Å². The maximum atomic E-state index is 12.8. The Labute approximate surface area is 173 Å². The normalized spacial score (nSPS) is 16.7. The number of piperazine rings is 1. The van der Waals surface area contributed by atoms with E-state index in [0.29, 0.717) is 42.0 Å². The fraction of sp³-hybridized carbons (Fsp3) is 0.500. The Morgan fingerprint density at radius 2 is 1.93 bits per heavy atom. The Morgan fingerprint density at radius 1 is 1.26 bits per heavy atom. The van der Waals surface area contributed by atoms with Crippen LogP contribution in [0.25, 0.3) is 0 Å². The molecule has 0 unspecified atom stereocenters. The molecule has 1 aliphatic rings. The first-order chi connectivity index (χ1) is 12.8. The molecule has 2 aromatic rings. The Bertz CT molecular complexity index is 950. The lowest BCUT2D eigenvalue weighted by molar-refractivity contribution is 0.142. The van der Waals surface area contributed by atoms with E-state index in [0.717, 1.165) is 0 Å². The van der Waals surface area contributed by atoms with Gasteiger partial charge < -0.3 is 4.74 Å². The molecule has 0 bridgehead atoms. The van der Waals surface area contributed by atoms with Crippen LogP contribution in [0.4, 0.5) is 0 Å². The van der Waals surface area contributed by atoms with E-state index in [9.17, 15) is 8.42 Å². The fourth-order valence-corrected chi connectivity index (χ4v) is 5.68. The van der Waals surface area contributed by atoms with Crippen LogP contribution >= 0.6 is 35.2 Å². The van der Waals surface area contributed by atoms with Crippen LogP contribution in [-0.4, -0.2) is 59.7 Å². The maximum Gasteiger partial charge on any atom is 0.293 e. The van der Waals surface area contributed by atoms with Crippen LogP contribution in [0.1, 0.15) is 13.8 Å². The molecule has 1 aliphatic heterocycles. The molecule has 0 aliphatic carbocycles. The molecule has 1 fully saturated rings. The van der Waals surface area contributed by atoms with Gasteiger partial charge >= 0.3 is 0 Å². The van der Waals surface area contributed by atoms with E-state index in [1.807, 2.05) is 13.8 Å². The molecule has 7 nitrogen and oxygen atoms in total. The van der Waals surface area contributed by atoms with Crippen LogP contribution in [0, 0.1) is 3.95 Å². The van der Waals surface area contributed by atoms with Gasteiger partial charge in [0.2, 0.25) is 10.0 Å². The van der Waals surface area contributed by atoms with E-state index in [-0.39, 0.29) is 16.0 Å². The van der Waals surface area contributed by atoms with E-state index in [1.165, 1.54) is 21.7 Å². The highest BCUT2D eigenvalue weighted by Crippen LogP contribution is 2.25. The molecule has 3 rings (SSSR count). The summed E-state index contributed by atoms with van der Waals surface area (Å²) >= 11 is 12.7. The SMILES string of the molecule is CC(C)Oc1nn(CN2CCN(S(=O)(=O)c3ccccc3Cl)CC2)c(=S)s1. The van der Waals surface area contributed by atoms with Crippen molar-refractivity contribution in [2.75, 3.05) is 26.2 Å². The van der Waals surface area contributed by atoms with Gasteiger partial charge in [0.1, 0.15) is 4.90 Å². The summed E-state index contributed by atoms with van der Waals surface area (Å²) in [5.74, 6) is 0. The van der Waals surface area contributed by atoms with Gasteiger partial charge in [-0.05, 0) is 49.5 Å². The van der Waals surface area contributed by atoms with Crippen LogP contribution in [0.3, 0.4) is 0 Å². The average Bonchev–Trinajstić information content (AvgIpc) is 2.94. The van der Waals surface area contributed by atoms with Gasteiger partial charge in [-0.15, -0.1) is 5.10 Å². The number of halogens is 1. The third kappa shape index (κ3) is 4.87. The average molecular weight is 449 g/mol. The van der Waals surface area contributed by atoms with Crippen LogP contribution < -0.4 is 4.74 Å². The van der Waals surface area contributed by atoms with Crippen LogP contribution in [0.5, 0.6) is 5.19 Å². The van der Waals surface area contributed by atoms with Crippen molar-refractivity contribution >= 4 is 45.2 Å². The first-order valence-electron chi connectivity index (χ1n) is 8.49. The molecular weight excluding hydrogens is 428 g/mol. The van der Waals surface area contributed by atoms with E-state index in [4.69, 9.17) is 28.6 Å². The second-order valence-electron chi connectivity index (χ2n) is 6.39. The lowest BCUT2D eigenvalue weighted by Crippen LogP contribution is -2.49. The van der Waals surface area contributed by atoms with Gasteiger partial charge in [0.05, 0.1) is 17.8 Å². The lowest BCUT2D eigenvalue weighted by Gasteiger charge is -2.33. The smallest absolute Gasteiger partial charge is 0.293 e. The Hall–Kier alpha value is -1.04. The van der Waals surface area contributed by atoms with E-state index in [2.05, 4.69) is 10.00 Å². The summed E-state index contributed by atoms with van der Waals surface area (Å²) in [5.41, 5.74) is 0. The molecule has 0 saturated carbocycles. The quantitative estimate of drug-likeness (QED) is 0.632. The maximum absolute atomic E-state index is 12.8. The first-order valence-corrected chi connectivity index (χ1v) is 11.5. The number of ether oxygens (including phenoxy) is 1. The van der Waals surface area contributed by atoms with E-state index >= 15 is 0 Å². The zero-order valence-corrected chi connectivity index (χ0v) is 18.2. The van der Waals surface area contributed by atoms with E-state index < -0.39 is 10.0 Å². The predicted octanol–water partition coefficient (Wildman–Crippen LogP) is 3.08. The van der Waals surface area contributed by atoms with Gasteiger partial charge in [0, 0.05) is 26.2 Å². The van der Waals surface area contributed by atoms with Gasteiger partial charge in [-0.25, -0.2) is 13.1 Å². The predicted molar refractivity (Wildman–Crippen MR) is 108 cm³/mol. The summed E-state index contributed by atoms with van der Waals surface area (Å²) in [7, 11) is -3.59. The monoisotopic (exact) mass is 448 g/mol. The second kappa shape index (κ2) is 8.54. The zero-order chi connectivity index (χ0) is 19.6. The van der Waals surface area contributed by atoms with Crippen LogP contribution in [0.15, 0.2) is 29.2 Å². The van der Waals surface area contributed by atoms with Crippen molar-refractivity contribution in [3.8, 4) is 5.19 Å². The zero-order valence-electron chi connectivity index (χ0n) is 15.0. The molecule has 0 spiro atoms. The highest BCUT2D eigenvalue weighted by Gasteiger charge is 2.30. The Kier molecular flexibility index (Phi) is 6.54. The summed E-state index contributed by atoms with van der Waals surface area (Å²) in [4.78, 5) is 2.27. The summed E-state index contributed by atoms with van der Waals surface area (Å²) in [6.45, 7) is 6.34. The molecule has 27 heavy (non-hydrogen) atoms. The van der Waals surface area contributed by atoms with Crippen LogP contribution in [-0.2, 0) is 16.7 Å². The van der Waals surface area contributed by atoms with Crippen molar-refractivity contribution in [2.24, 2.45) is 0 Å². The second-order valence-corrected chi connectivity index (χ2v) is 10.3. The van der Waals surface area contributed by atoms with Gasteiger partial charge in [0.15, 0.2) is 3.95 Å². The first kappa shape index (κ1) is 20.7. The van der Waals surface area contributed by atoms with Crippen molar-refractivity contribution in [2.45, 2.75) is 31.5 Å². The fourth-order valence-electron chi connectivity index (χ4n) is 2.72. The molecule has 1 aromatic carbocycles. The van der Waals surface area contributed by atoms with Crippen molar-refractivity contribution in [1.82, 2.24) is 19.0 Å². The van der Waals surface area contributed by atoms with E-state index in [1.54, 1.807) is 22.9 Å². The summed E-state index contributed by atoms with van der Waals surface area (Å²) < 4.78 is 35.0. The highest BCUT2D eigenvalue weighted by atomic mass is 35.5. The minimum Gasteiger partial charge on any atom is -0.466 e. The minimum absolute atomic E-state index is 0.0394. The number of hydrogen-bond donors (Lipinski definition) is 0. The molecule has 1 aromatic heterocycles. The third-order valence-corrected chi connectivity index (χ3v) is 7.64. The lowest BCUT2D eigenvalue weighted by atomic mass is 10.4. The highest BCUT2D eigenvalue weighted by molar-refractivity contribution is 7.89. The van der Waals surface area contributed by atoms with Crippen molar-refractivity contribution in [3.63, 3.8) is 0 Å². The summed E-state index contributed by atoms with van der Waals surface area (Å²) in [5, 5.41) is 5.18. The molecule has 2 heterocycles. The Balaban J connectivity index is 1.63. The molecular formula is C16H21ClN4O3S3. The van der Waals surface area contributed by atoms with Crippen molar-refractivity contribution in [3.05, 3.63) is 33.2 Å². The molecule has 0 atom stereocenters. The number of aromatic nitrogens is 2. The van der Waals surface area contributed by atoms with Gasteiger partial charge in [0.25, 0.3) is 5.19 Å². The molecule has 11 heteroatoms. The third-order valence-electron chi connectivity index (χ3n) is 4.04. The molecule has 1 saturated heterocycles. The minimum atomic E-state index is -3.59. The summed E-state index contributed by atoms with van der Waals surface area (Å²) in [6.07, 6.45) is 0.0394. The molecule has 0 amide bonds. The summed E-state index contributed by atoms with van der Waals surface area (Å²) in [6, 6.07) is 6.52. The van der Waals surface area contributed by atoms with Gasteiger partial charge in [-0.1, -0.05) is 23.7 Å². The standard InChI is InChI=1S/C16H21ClN4O3S3/c1-12(2)24-15-18-21(16(25)26-15)11-19-7-9-20(10-8-19)27(22,23)14-6-4-3-5-13(14)17/h3-6,12H,7-11H2,1-2H3. The Morgan fingerprint density at radius 3 is 2.56 bits per heavy atom. The number of rotatable bonds is 6. The number of sulfonamides is 1. The number of benzene rings is 1.